The van der Waals surface area contributed by atoms with Gasteiger partial charge in [-0.3, -0.25) is 14.4 Å². The van der Waals surface area contributed by atoms with Crippen LogP contribution in [0.4, 0.5) is 0 Å². The van der Waals surface area contributed by atoms with Crippen molar-refractivity contribution in [2.45, 2.75) is 5.92 Å². The van der Waals surface area contributed by atoms with Gasteiger partial charge >= 0.3 is 0 Å². The lowest BCUT2D eigenvalue weighted by Crippen LogP contribution is -2.32. The maximum atomic E-state index is 13.9. The van der Waals surface area contributed by atoms with Crippen LogP contribution >= 0.6 is 15.9 Å². The molecule has 5 aromatic rings. The number of carbonyl (C=O) groups excluding carboxylic acids is 1. The summed E-state index contributed by atoms with van der Waals surface area (Å²) >= 11 is 3.40. The molecule has 0 aliphatic carbocycles. The van der Waals surface area contributed by atoms with Crippen LogP contribution in [-0.4, -0.2) is 15.8 Å². The summed E-state index contributed by atoms with van der Waals surface area (Å²) in [5, 5.41) is 1.32. The van der Waals surface area contributed by atoms with Crippen LogP contribution in [0.25, 0.3) is 21.8 Å². The van der Waals surface area contributed by atoms with E-state index >= 15 is 0 Å². The van der Waals surface area contributed by atoms with Crippen LogP contribution in [0.5, 0.6) is 11.5 Å². The molecule has 2 N–H and O–H groups in total. The molecule has 3 heterocycles. The van der Waals surface area contributed by atoms with Gasteiger partial charge in [-0.15, -0.1) is 0 Å². The van der Waals surface area contributed by atoms with E-state index in [1.165, 1.54) is 0 Å². The van der Waals surface area contributed by atoms with E-state index < -0.39 is 17.0 Å². The van der Waals surface area contributed by atoms with Crippen molar-refractivity contribution in [3.8, 4) is 11.5 Å². The molecule has 2 aromatic heterocycles. The van der Waals surface area contributed by atoms with Gasteiger partial charge in [-0.1, -0.05) is 52.3 Å². The summed E-state index contributed by atoms with van der Waals surface area (Å²) in [6.07, 6.45) is 0. The van der Waals surface area contributed by atoms with Crippen LogP contribution in [0.2, 0.25) is 0 Å². The number of pyridine rings is 2. The smallest absolute Gasteiger partial charge is 0.256 e. The zero-order valence-electron chi connectivity index (χ0n) is 17.0. The van der Waals surface area contributed by atoms with Gasteiger partial charge in [0.15, 0.2) is 5.78 Å². The normalized spacial score (nSPS) is 12.9. The van der Waals surface area contributed by atoms with Gasteiger partial charge in [0.1, 0.15) is 11.5 Å². The average Bonchev–Trinajstić information content (AvgIpc) is 2.82. The zero-order chi connectivity index (χ0) is 22.7. The number of nitrogens with one attached hydrogen (secondary N) is 2. The fourth-order valence-electron chi connectivity index (χ4n) is 4.52. The fourth-order valence-corrected chi connectivity index (χ4v) is 4.92. The molecule has 0 radical (unpaired) electrons. The van der Waals surface area contributed by atoms with E-state index in [2.05, 4.69) is 25.9 Å². The molecule has 0 saturated heterocycles. The number of ether oxygens (including phenoxy) is 1. The Morgan fingerprint density at radius 2 is 1.30 bits per heavy atom. The Labute approximate surface area is 195 Å². The van der Waals surface area contributed by atoms with E-state index in [-0.39, 0.29) is 16.9 Å². The second kappa shape index (κ2) is 7.28. The first-order chi connectivity index (χ1) is 16.0. The standard InChI is InChI=1S/C26H15BrN2O4/c27-14-7-5-6-13(12-14)22(30)19-20-23(15-8-1-3-10-17(15)28-25(20)31)33-24-16-9-2-4-11-18(16)29-26(32)21(19)24/h1-12,19H,(H,28,31)(H,29,32). The number of hydrogen-bond donors (Lipinski definition) is 2. The highest BCUT2D eigenvalue weighted by Gasteiger charge is 2.39. The Balaban J connectivity index is 1.75. The highest BCUT2D eigenvalue weighted by Crippen LogP contribution is 2.47. The zero-order valence-corrected chi connectivity index (χ0v) is 18.6. The largest absolute Gasteiger partial charge is 0.455 e. The quantitative estimate of drug-likeness (QED) is 0.325. The van der Waals surface area contributed by atoms with E-state index in [0.717, 1.165) is 4.47 Å². The Morgan fingerprint density at radius 3 is 1.85 bits per heavy atom. The molecule has 3 aromatic carbocycles. The van der Waals surface area contributed by atoms with Gasteiger partial charge in [-0.25, -0.2) is 0 Å². The second-order valence-corrected chi connectivity index (χ2v) is 8.81. The van der Waals surface area contributed by atoms with Crippen molar-refractivity contribution in [3.05, 3.63) is 115 Å². The third-order valence-electron chi connectivity index (χ3n) is 5.97. The van der Waals surface area contributed by atoms with Gasteiger partial charge in [-0.05, 0) is 36.4 Å². The minimum Gasteiger partial charge on any atom is -0.455 e. The van der Waals surface area contributed by atoms with Crippen LogP contribution in [0.1, 0.15) is 27.4 Å². The van der Waals surface area contributed by atoms with Crippen molar-refractivity contribution in [1.29, 1.82) is 0 Å². The van der Waals surface area contributed by atoms with Gasteiger partial charge in [-0.2, -0.15) is 0 Å². The minimum atomic E-state index is -1.13. The third kappa shape index (κ3) is 2.97. The molecular weight excluding hydrogens is 484 g/mol. The summed E-state index contributed by atoms with van der Waals surface area (Å²) in [5.74, 6) is -0.889. The number of rotatable bonds is 2. The lowest BCUT2D eigenvalue weighted by molar-refractivity contribution is 0.0968. The number of hydrogen-bond acceptors (Lipinski definition) is 4. The molecule has 6 nitrogen and oxygen atoms in total. The summed E-state index contributed by atoms with van der Waals surface area (Å²) in [7, 11) is 0. The molecule has 7 heteroatoms. The number of aromatic nitrogens is 2. The van der Waals surface area contributed by atoms with Crippen molar-refractivity contribution < 1.29 is 9.53 Å². The number of fused-ring (bicyclic) bond motifs is 6. The third-order valence-corrected chi connectivity index (χ3v) is 6.46. The average molecular weight is 499 g/mol. The first-order valence-electron chi connectivity index (χ1n) is 10.3. The number of benzene rings is 3. The topological polar surface area (TPSA) is 92.0 Å². The van der Waals surface area contributed by atoms with E-state index in [4.69, 9.17) is 4.74 Å². The lowest BCUT2D eigenvalue weighted by atomic mass is 9.82. The maximum absolute atomic E-state index is 13.9. The molecule has 6 rings (SSSR count). The molecule has 0 unspecified atom stereocenters. The van der Waals surface area contributed by atoms with E-state index in [1.807, 2.05) is 42.5 Å². The summed E-state index contributed by atoms with van der Waals surface area (Å²) in [5.41, 5.74) is 0.901. The molecule has 1 aliphatic heterocycles. The fraction of sp³-hybridized carbons (Fsp3) is 0.0385. The Morgan fingerprint density at radius 1 is 0.758 bits per heavy atom. The van der Waals surface area contributed by atoms with Crippen LogP contribution in [-0.2, 0) is 0 Å². The molecule has 0 atom stereocenters. The monoisotopic (exact) mass is 498 g/mol. The number of para-hydroxylation sites is 2. The summed E-state index contributed by atoms with van der Waals surface area (Å²) in [6, 6.07) is 21.4. The Kier molecular flexibility index (Phi) is 4.35. The predicted molar refractivity (Wildman–Crippen MR) is 130 cm³/mol. The van der Waals surface area contributed by atoms with Crippen molar-refractivity contribution >= 4 is 43.5 Å². The van der Waals surface area contributed by atoms with Crippen LogP contribution < -0.4 is 15.9 Å². The van der Waals surface area contributed by atoms with E-state index in [0.29, 0.717) is 38.9 Å². The molecule has 33 heavy (non-hydrogen) atoms. The molecule has 0 fully saturated rings. The number of aromatic amines is 2. The maximum Gasteiger partial charge on any atom is 0.256 e. The second-order valence-electron chi connectivity index (χ2n) is 7.89. The van der Waals surface area contributed by atoms with E-state index in [1.54, 1.807) is 30.3 Å². The van der Waals surface area contributed by atoms with Crippen LogP contribution in [0.3, 0.4) is 0 Å². The van der Waals surface area contributed by atoms with Gasteiger partial charge in [0.25, 0.3) is 11.1 Å². The Bertz CT molecular complexity index is 1640. The summed E-state index contributed by atoms with van der Waals surface area (Å²) < 4.78 is 7.03. The number of H-pyrrole nitrogens is 2. The molecule has 0 bridgehead atoms. The van der Waals surface area contributed by atoms with Crippen molar-refractivity contribution in [2.24, 2.45) is 0 Å². The summed E-state index contributed by atoms with van der Waals surface area (Å²) in [6.45, 7) is 0. The highest BCUT2D eigenvalue weighted by molar-refractivity contribution is 9.10. The molecular formula is C26H15BrN2O4. The number of carbonyl (C=O) groups is 1. The summed E-state index contributed by atoms with van der Waals surface area (Å²) in [4.78, 5) is 46.1. The molecule has 1 aliphatic rings. The number of ketones is 1. The molecule has 0 spiro atoms. The molecule has 0 saturated carbocycles. The minimum absolute atomic E-state index is 0.131. The van der Waals surface area contributed by atoms with Gasteiger partial charge in [0.05, 0.1) is 28.1 Å². The SMILES string of the molecule is O=C(c1cccc(Br)c1)C1c2c(c3ccccc3[nH]c2=O)Oc2c1c(=O)[nH]c1ccccc21. The van der Waals surface area contributed by atoms with Gasteiger partial charge in [0, 0.05) is 20.8 Å². The predicted octanol–water partition coefficient (Wildman–Crippen LogP) is 5.25. The van der Waals surface area contributed by atoms with Crippen LogP contribution in [0.15, 0.2) is 86.9 Å². The highest BCUT2D eigenvalue weighted by atomic mass is 79.9. The Hall–Kier alpha value is -3.97. The van der Waals surface area contributed by atoms with Crippen LogP contribution in [0, 0.1) is 0 Å². The van der Waals surface area contributed by atoms with Crippen molar-refractivity contribution in [1.82, 2.24) is 9.97 Å². The number of halogens is 1. The number of Topliss-reactive ketones (excluding diaryl/α,β-unsaturated/α-hetero) is 1. The van der Waals surface area contributed by atoms with Crippen molar-refractivity contribution in [3.63, 3.8) is 0 Å². The molecule has 0 amide bonds. The van der Waals surface area contributed by atoms with Crippen molar-refractivity contribution in [2.75, 3.05) is 0 Å². The van der Waals surface area contributed by atoms with E-state index in [9.17, 15) is 14.4 Å². The molecule has 160 valence electrons. The lowest BCUT2D eigenvalue weighted by Gasteiger charge is -2.28. The first-order valence-corrected chi connectivity index (χ1v) is 11.1. The van der Waals surface area contributed by atoms with Gasteiger partial charge < -0.3 is 14.7 Å². The first kappa shape index (κ1) is 19.7. The van der Waals surface area contributed by atoms with Gasteiger partial charge in [0.2, 0.25) is 0 Å².